The van der Waals surface area contributed by atoms with Gasteiger partial charge in [-0.15, -0.1) is 0 Å². The molecule has 5 rings (SSSR count). The van der Waals surface area contributed by atoms with E-state index in [1.54, 1.807) is 11.3 Å². The molecule has 0 unspecified atom stereocenters. The first-order valence-corrected chi connectivity index (χ1v) is 11.0. The minimum atomic E-state index is 0.0146. The number of fused-ring (bicyclic) bond motifs is 1. The van der Waals surface area contributed by atoms with E-state index in [2.05, 4.69) is 51.3 Å². The van der Waals surface area contributed by atoms with Gasteiger partial charge in [0.15, 0.2) is 0 Å². The highest BCUT2D eigenvalue weighted by Gasteiger charge is 2.43. The number of nitrogens with zero attached hydrogens (tertiary/aromatic N) is 1. The number of hydrogen-bond donors (Lipinski definition) is 1. The van der Waals surface area contributed by atoms with Crippen molar-refractivity contribution in [3.05, 3.63) is 52.2 Å². The number of nitrogens with one attached hydrogen (secondary N) is 1. The molecule has 4 heteroatoms. The first kappa shape index (κ1) is 16.8. The largest absolute Gasteiger partial charge is 0.487 e. The normalized spacial score (nSPS) is 25.0. The number of para-hydroxylation sites is 1. The summed E-state index contributed by atoms with van der Waals surface area (Å²) in [5.74, 6) is 2.08. The summed E-state index contributed by atoms with van der Waals surface area (Å²) in [6, 6.07) is 11.2. The SMILES string of the molecule is c1ccc2c(c1)OC1(CCN(CC3CC3)CC1)C[C@@H]2NCc1ccsc1. The van der Waals surface area contributed by atoms with Crippen molar-refractivity contribution in [1.82, 2.24) is 10.2 Å². The van der Waals surface area contributed by atoms with E-state index in [1.807, 2.05) is 0 Å². The second-order valence-corrected chi connectivity index (χ2v) is 9.12. The van der Waals surface area contributed by atoms with Gasteiger partial charge in [0.25, 0.3) is 0 Å². The van der Waals surface area contributed by atoms with Crippen LogP contribution in [0.4, 0.5) is 0 Å². The molecule has 0 radical (unpaired) electrons. The molecule has 0 amide bonds. The van der Waals surface area contributed by atoms with Crippen LogP contribution in [0, 0.1) is 5.92 Å². The summed E-state index contributed by atoms with van der Waals surface area (Å²) >= 11 is 1.77. The third-order valence-corrected chi connectivity index (χ3v) is 7.04. The van der Waals surface area contributed by atoms with Crippen LogP contribution < -0.4 is 10.1 Å². The minimum absolute atomic E-state index is 0.0146. The molecular formula is C22H28N2OS. The van der Waals surface area contributed by atoms with Gasteiger partial charge in [-0.2, -0.15) is 11.3 Å². The summed E-state index contributed by atoms with van der Waals surface area (Å²) in [5.41, 5.74) is 2.72. The maximum atomic E-state index is 6.63. The van der Waals surface area contributed by atoms with Gasteiger partial charge >= 0.3 is 0 Å². The van der Waals surface area contributed by atoms with Crippen molar-refractivity contribution in [2.75, 3.05) is 19.6 Å². The molecule has 26 heavy (non-hydrogen) atoms. The molecule has 2 aliphatic heterocycles. The van der Waals surface area contributed by atoms with Gasteiger partial charge in [-0.3, -0.25) is 0 Å². The van der Waals surface area contributed by atoms with Gasteiger partial charge in [-0.25, -0.2) is 0 Å². The third kappa shape index (κ3) is 3.55. The number of thiophene rings is 1. The molecule has 0 bridgehead atoms. The molecule has 1 spiro atoms. The number of benzene rings is 1. The fourth-order valence-corrected chi connectivity index (χ4v) is 5.22. The second kappa shape index (κ2) is 6.99. The molecule has 3 heterocycles. The lowest BCUT2D eigenvalue weighted by Gasteiger charge is -2.47. The standard InChI is InChI=1S/C22H28N2OS/c1-2-4-21-19(3-1)20(23-14-18-7-12-26-16-18)13-22(25-21)8-10-24(11-9-22)15-17-5-6-17/h1-4,7,12,16-17,20,23H,5-6,8-11,13-15H2/t20-/m0/s1. The number of piperidine rings is 1. The Hall–Kier alpha value is -1.36. The molecule has 1 atom stereocenters. The van der Waals surface area contributed by atoms with Gasteiger partial charge in [-0.05, 0) is 60.1 Å². The lowest BCUT2D eigenvalue weighted by atomic mass is 9.80. The molecule has 1 aromatic carbocycles. The van der Waals surface area contributed by atoms with E-state index in [4.69, 9.17) is 4.74 Å². The zero-order valence-electron chi connectivity index (χ0n) is 15.3. The Morgan fingerprint density at radius 1 is 1.15 bits per heavy atom. The van der Waals surface area contributed by atoms with E-state index in [9.17, 15) is 0 Å². The highest BCUT2D eigenvalue weighted by atomic mass is 32.1. The van der Waals surface area contributed by atoms with Crippen molar-refractivity contribution in [2.45, 2.75) is 50.3 Å². The van der Waals surface area contributed by atoms with Crippen LogP contribution in [0.25, 0.3) is 0 Å². The minimum Gasteiger partial charge on any atom is -0.487 e. The quantitative estimate of drug-likeness (QED) is 0.834. The van der Waals surface area contributed by atoms with Crippen LogP contribution >= 0.6 is 11.3 Å². The van der Waals surface area contributed by atoms with Crippen molar-refractivity contribution in [1.29, 1.82) is 0 Å². The zero-order valence-corrected chi connectivity index (χ0v) is 16.1. The van der Waals surface area contributed by atoms with Crippen LogP contribution in [0.2, 0.25) is 0 Å². The van der Waals surface area contributed by atoms with Gasteiger partial charge in [0.1, 0.15) is 11.4 Å². The summed E-state index contributed by atoms with van der Waals surface area (Å²) in [6.07, 6.45) is 6.29. The predicted molar refractivity (Wildman–Crippen MR) is 107 cm³/mol. The van der Waals surface area contributed by atoms with Gasteiger partial charge in [-0.1, -0.05) is 18.2 Å². The second-order valence-electron chi connectivity index (χ2n) is 8.34. The topological polar surface area (TPSA) is 24.5 Å². The molecule has 3 aliphatic rings. The van der Waals surface area contributed by atoms with Crippen LogP contribution in [0.5, 0.6) is 5.75 Å². The van der Waals surface area contributed by atoms with E-state index >= 15 is 0 Å². The molecular weight excluding hydrogens is 340 g/mol. The maximum Gasteiger partial charge on any atom is 0.124 e. The van der Waals surface area contributed by atoms with E-state index in [0.29, 0.717) is 6.04 Å². The highest BCUT2D eigenvalue weighted by Crippen LogP contribution is 2.44. The van der Waals surface area contributed by atoms with E-state index in [-0.39, 0.29) is 5.60 Å². The van der Waals surface area contributed by atoms with E-state index < -0.39 is 0 Å². The predicted octanol–water partition coefficient (Wildman–Crippen LogP) is 4.61. The average molecular weight is 369 g/mol. The van der Waals surface area contributed by atoms with Gasteiger partial charge in [0.2, 0.25) is 0 Å². The summed E-state index contributed by atoms with van der Waals surface area (Å²) in [5, 5.41) is 8.22. The fraction of sp³-hybridized carbons (Fsp3) is 0.545. The Labute approximate surface area is 160 Å². The zero-order chi connectivity index (χ0) is 17.4. The monoisotopic (exact) mass is 368 g/mol. The van der Waals surface area contributed by atoms with Crippen molar-refractivity contribution in [3.8, 4) is 5.75 Å². The first-order chi connectivity index (χ1) is 12.8. The van der Waals surface area contributed by atoms with E-state index in [0.717, 1.165) is 37.5 Å². The van der Waals surface area contributed by atoms with Crippen molar-refractivity contribution < 1.29 is 4.74 Å². The summed E-state index contributed by atoms with van der Waals surface area (Å²) < 4.78 is 6.63. The molecule has 1 aliphatic carbocycles. The van der Waals surface area contributed by atoms with E-state index in [1.165, 1.54) is 43.6 Å². The Kier molecular flexibility index (Phi) is 4.51. The molecule has 138 valence electrons. The van der Waals surface area contributed by atoms with Gasteiger partial charge in [0.05, 0.1) is 0 Å². The lowest BCUT2D eigenvalue weighted by Crippen LogP contribution is -2.52. The van der Waals surface area contributed by atoms with Crippen LogP contribution in [-0.2, 0) is 6.54 Å². The number of likely N-dealkylation sites (tertiary alicyclic amines) is 1. The van der Waals surface area contributed by atoms with Gasteiger partial charge in [0, 0.05) is 44.2 Å². The van der Waals surface area contributed by atoms with Gasteiger partial charge < -0.3 is 15.0 Å². The molecule has 1 saturated carbocycles. The Morgan fingerprint density at radius 2 is 2.00 bits per heavy atom. The van der Waals surface area contributed by atoms with Crippen LogP contribution in [-0.4, -0.2) is 30.1 Å². The Balaban J connectivity index is 1.31. The summed E-state index contributed by atoms with van der Waals surface area (Å²) in [4.78, 5) is 2.67. The van der Waals surface area contributed by atoms with Crippen molar-refractivity contribution in [3.63, 3.8) is 0 Å². The Bertz CT molecular complexity index is 732. The number of ether oxygens (including phenoxy) is 1. The van der Waals surface area contributed by atoms with Crippen molar-refractivity contribution >= 4 is 11.3 Å². The molecule has 2 fully saturated rings. The maximum absolute atomic E-state index is 6.63. The highest BCUT2D eigenvalue weighted by molar-refractivity contribution is 7.07. The molecule has 1 aromatic heterocycles. The number of hydrogen-bond acceptors (Lipinski definition) is 4. The number of rotatable bonds is 5. The Morgan fingerprint density at radius 3 is 2.77 bits per heavy atom. The molecule has 2 aromatic rings. The smallest absolute Gasteiger partial charge is 0.124 e. The van der Waals surface area contributed by atoms with Crippen LogP contribution in [0.3, 0.4) is 0 Å². The average Bonchev–Trinajstić information content (AvgIpc) is 3.33. The molecule has 3 nitrogen and oxygen atoms in total. The fourth-order valence-electron chi connectivity index (χ4n) is 4.55. The first-order valence-electron chi connectivity index (χ1n) is 10.0. The molecule has 1 N–H and O–H groups in total. The molecule has 1 saturated heterocycles. The van der Waals surface area contributed by atoms with Crippen molar-refractivity contribution in [2.24, 2.45) is 5.92 Å². The third-order valence-electron chi connectivity index (χ3n) is 6.31. The lowest BCUT2D eigenvalue weighted by molar-refractivity contribution is -0.0263. The summed E-state index contributed by atoms with van der Waals surface area (Å²) in [7, 11) is 0. The summed E-state index contributed by atoms with van der Waals surface area (Å²) in [6.45, 7) is 4.63. The van der Waals surface area contributed by atoms with Crippen LogP contribution in [0.1, 0.15) is 49.3 Å². The van der Waals surface area contributed by atoms with Crippen LogP contribution in [0.15, 0.2) is 41.1 Å².